The molecule has 3 nitrogen and oxygen atoms in total. The average molecular weight is 275 g/mol. The van der Waals surface area contributed by atoms with Gasteiger partial charge in [-0.25, -0.2) is 0 Å². The van der Waals surface area contributed by atoms with E-state index in [-0.39, 0.29) is 6.04 Å². The van der Waals surface area contributed by atoms with Crippen molar-refractivity contribution < 1.29 is 0 Å². The van der Waals surface area contributed by atoms with E-state index in [4.69, 9.17) is 0 Å². The predicted molar refractivity (Wildman–Crippen MR) is 85.0 cm³/mol. The Labute approximate surface area is 125 Å². The van der Waals surface area contributed by atoms with Gasteiger partial charge in [0.1, 0.15) is 6.54 Å². The minimum absolute atomic E-state index is 0.212. The van der Waals surface area contributed by atoms with Gasteiger partial charge in [-0.15, -0.1) is 0 Å². The SMILES string of the molecule is CC1c2cccc3c2N(CC3)c2ccccc2N1CC#N. The highest BCUT2D eigenvalue weighted by atomic mass is 15.2. The minimum Gasteiger partial charge on any atom is -0.350 e. The highest BCUT2D eigenvalue weighted by molar-refractivity contribution is 5.85. The van der Waals surface area contributed by atoms with Crippen molar-refractivity contribution in [3.8, 4) is 6.07 Å². The Kier molecular flexibility index (Phi) is 2.65. The summed E-state index contributed by atoms with van der Waals surface area (Å²) in [4.78, 5) is 4.64. The first kappa shape index (κ1) is 12.3. The second-order valence-electron chi connectivity index (χ2n) is 5.71. The molecular weight excluding hydrogens is 258 g/mol. The molecule has 2 aliphatic heterocycles. The van der Waals surface area contributed by atoms with Crippen molar-refractivity contribution in [1.82, 2.24) is 0 Å². The number of hydrogen-bond donors (Lipinski definition) is 0. The maximum Gasteiger partial charge on any atom is 0.106 e. The second kappa shape index (κ2) is 4.53. The van der Waals surface area contributed by atoms with Crippen molar-refractivity contribution >= 4 is 17.1 Å². The largest absolute Gasteiger partial charge is 0.350 e. The topological polar surface area (TPSA) is 30.3 Å². The molecule has 1 unspecified atom stereocenters. The number of benzene rings is 2. The van der Waals surface area contributed by atoms with Crippen LogP contribution in [-0.2, 0) is 6.42 Å². The summed E-state index contributed by atoms with van der Waals surface area (Å²) in [5.74, 6) is 0. The standard InChI is InChI=1S/C18H17N3/c1-13-15-6-4-5-14-9-11-21(18(14)15)17-8-3-2-7-16(17)20(13)12-10-19/h2-8,13H,9,11-12H2,1H3. The summed E-state index contributed by atoms with van der Waals surface area (Å²) in [6.07, 6.45) is 1.10. The fraction of sp³-hybridized carbons (Fsp3) is 0.278. The van der Waals surface area contributed by atoms with Crippen LogP contribution in [0.4, 0.5) is 17.1 Å². The molecule has 4 rings (SSSR count). The van der Waals surface area contributed by atoms with Crippen molar-refractivity contribution in [2.75, 3.05) is 22.9 Å². The van der Waals surface area contributed by atoms with Crippen molar-refractivity contribution in [3.05, 3.63) is 53.6 Å². The van der Waals surface area contributed by atoms with Gasteiger partial charge < -0.3 is 9.80 Å². The number of anilines is 3. The van der Waals surface area contributed by atoms with Gasteiger partial charge in [-0.2, -0.15) is 5.26 Å². The fourth-order valence-electron chi connectivity index (χ4n) is 3.67. The smallest absolute Gasteiger partial charge is 0.106 e. The Morgan fingerprint density at radius 3 is 2.76 bits per heavy atom. The van der Waals surface area contributed by atoms with Crippen molar-refractivity contribution in [2.24, 2.45) is 0 Å². The number of nitriles is 1. The van der Waals surface area contributed by atoms with Gasteiger partial charge in [-0.05, 0) is 36.6 Å². The lowest BCUT2D eigenvalue weighted by molar-refractivity contribution is 0.718. The highest BCUT2D eigenvalue weighted by Gasteiger charge is 2.33. The Morgan fingerprint density at radius 1 is 1.14 bits per heavy atom. The summed E-state index contributed by atoms with van der Waals surface area (Å²) in [6.45, 7) is 3.64. The summed E-state index contributed by atoms with van der Waals surface area (Å²) in [5.41, 5.74) is 6.50. The Morgan fingerprint density at radius 2 is 1.95 bits per heavy atom. The number of nitrogens with zero attached hydrogens (tertiary/aromatic N) is 3. The van der Waals surface area contributed by atoms with Crippen molar-refractivity contribution in [3.63, 3.8) is 0 Å². The molecule has 0 radical (unpaired) electrons. The van der Waals surface area contributed by atoms with E-state index in [0.717, 1.165) is 18.7 Å². The molecule has 1 atom stereocenters. The van der Waals surface area contributed by atoms with Crippen molar-refractivity contribution in [2.45, 2.75) is 19.4 Å². The van der Waals surface area contributed by atoms with Gasteiger partial charge >= 0.3 is 0 Å². The summed E-state index contributed by atoms with van der Waals surface area (Å²) in [6, 6.07) is 17.6. The Bertz CT molecular complexity index is 744. The van der Waals surface area contributed by atoms with Crippen LogP contribution in [0, 0.1) is 11.3 Å². The molecule has 3 heteroatoms. The molecule has 2 heterocycles. The maximum atomic E-state index is 9.23. The van der Waals surface area contributed by atoms with Crippen LogP contribution < -0.4 is 9.80 Å². The lowest BCUT2D eigenvalue weighted by Crippen LogP contribution is -2.26. The first-order valence-corrected chi connectivity index (χ1v) is 7.43. The third-order valence-electron chi connectivity index (χ3n) is 4.67. The maximum absolute atomic E-state index is 9.23. The third kappa shape index (κ3) is 1.66. The van der Waals surface area contributed by atoms with Crippen LogP contribution in [0.25, 0.3) is 0 Å². The Balaban J connectivity index is 2.01. The quantitative estimate of drug-likeness (QED) is 0.742. The Hall–Kier alpha value is -2.47. The molecule has 0 amide bonds. The van der Waals surface area contributed by atoms with E-state index >= 15 is 0 Å². The number of fused-ring (bicyclic) bond motifs is 2. The number of rotatable bonds is 1. The summed E-state index contributed by atoms with van der Waals surface area (Å²) < 4.78 is 0. The van der Waals surface area contributed by atoms with E-state index < -0.39 is 0 Å². The van der Waals surface area contributed by atoms with Gasteiger partial charge in [0.2, 0.25) is 0 Å². The van der Waals surface area contributed by atoms with Gasteiger partial charge in [0.15, 0.2) is 0 Å². The molecule has 2 aromatic carbocycles. The average Bonchev–Trinajstić information content (AvgIpc) is 2.92. The lowest BCUT2D eigenvalue weighted by Gasteiger charge is -2.29. The molecule has 0 saturated carbocycles. The third-order valence-corrected chi connectivity index (χ3v) is 4.67. The molecule has 2 aromatic rings. The second-order valence-corrected chi connectivity index (χ2v) is 5.71. The van der Waals surface area contributed by atoms with Crippen molar-refractivity contribution in [1.29, 1.82) is 5.26 Å². The van der Waals surface area contributed by atoms with Gasteiger partial charge in [0, 0.05) is 12.2 Å². The fourth-order valence-corrected chi connectivity index (χ4v) is 3.67. The minimum atomic E-state index is 0.212. The van der Waals surface area contributed by atoms with Crippen LogP contribution in [0.15, 0.2) is 42.5 Å². The molecule has 0 spiro atoms. The van der Waals surface area contributed by atoms with E-state index in [0.29, 0.717) is 6.54 Å². The molecule has 0 saturated heterocycles. The van der Waals surface area contributed by atoms with E-state index in [1.807, 2.05) is 0 Å². The van der Waals surface area contributed by atoms with Crippen LogP contribution in [0.3, 0.4) is 0 Å². The van der Waals surface area contributed by atoms with E-state index in [1.165, 1.54) is 22.5 Å². The van der Waals surface area contributed by atoms with E-state index in [9.17, 15) is 5.26 Å². The molecule has 0 N–H and O–H groups in total. The van der Waals surface area contributed by atoms with Crippen LogP contribution in [-0.4, -0.2) is 13.1 Å². The van der Waals surface area contributed by atoms with E-state index in [1.54, 1.807) is 0 Å². The zero-order chi connectivity index (χ0) is 14.4. The molecule has 0 bridgehead atoms. The molecular formula is C18H17N3. The monoisotopic (exact) mass is 275 g/mol. The van der Waals surface area contributed by atoms with Gasteiger partial charge in [0.05, 0.1) is 23.5 Å². The molecule has 0 aliphatic carbocycles. The molecule has 0 aromatic heterocycles. The van der Waals surface area contributed by atoms with Crippen LogP contribution in [0.5, 0.6) is 0 Å². The van der Waals surface area contributed by atoms with Gasteiger partial charge in [-0.1, -0.05) is 30.3 Å². The normalized spacial score (nSPS) is 18.8. The molecule has 104 valence electrons. The lowest BCUT2D eigenvalue weighted by atomic mass is 10.0. The summed E-state index contributed by atoms with van der Waals surface area (Å²) in [7, 11) is 0. The molecule has 21 heavy (non-hydrogen) atoms. The van der Waals surface area contributed by atoms with Crippen LogP contribution in [0.2, 0.25) is 0 Å². The predicted octanol–water partition coefficient (Wildman–Crippen LogP) is 3.79. The zero-order valence-corrected chi connectivity index (χ0v) is 12.1. The summed E-state index contributed by atoms with van der Waals surface area (Å²) in [5, 5.41) is 9.23. The van der Waals surface area contributed by atoms with Crippen LogP contribution in [0.1, 0.15) is 24.1 Å². The first-order chi connectivity index (χ1) is 10.3. The van der Waals surface area contributed by atoms with Gasteiger partial charge in [0.25, 0.3) is 0 Å². The van der Waals surface area contributed by atoms with E-state index in [2.05, 4.69) is 65.3 Å². The number of para-hydroxylation sites is 3. The molecule has 2 aliphatic rings. The summed E-state index contributed by atoms with van der Waals surface area (Å²) >= 11 is 0. The number of hydrogen-bond acceptors (Lipinski definition) is 3. The van der Waals surface area contributed by atoms with Gasteiger partial charge in [-0.3, -0.25) is 0 Å². The van der Waals surface area contributed by atoms with Crippen LogP contribution >= 0.6 is 0 Å². The first-order valence-electron chi connectivity index (χ1n) is 7.43. The zero-order valence-electron chi connectivity index (χ0n) is 12.1. The highest BCUT2D eigenvalue weighted by Crippen LogP contribution is 2.48. The molecule has 0 fully saturated rings.